The lowest BCUT2D eigenvalue weighted by Gasteiger charge is -2.37. The fraction of sp³-hybridized carbons (Fsp3) is 0.300. The Labute approximate surface area is 226 Å². The summed E-state index contributed by atoms with van der Waals surface area (Å²) in [6.45, 7) is 3.22. The van der Waals surface area contributed by atoms with Gasteiger partial charge in [-0.15, -0.1) is 0 Å². The van der Waals surface area contributed by atoms with Crippen LogP contribution < -0.4 is 10.2 Å². The first-order valence-corrected chi connectivity index (χ1v) is 13.2. The molecule has 0 saturated carbocycles. The molecule has 0 unspecified atom stereocenters. The third-order valence-electron chi connectivity index (χ3n) is 7.21. The van der Waals surface area contributed by atoms with Gasteiger partial charge in [0.05, 0.1) is 5.56 Å². The fourth-order valence-corrected chi connectivity index (χ4v) is 5.09. The first-order chi connectivity index (χ1) is 18.9. The quantitative estimate of drug-likeness (QED) is 0.512. The molecule has 2 heterocycles. The third kappa shape index (κ3) is 6.08. The average Bonchev–Trinajstić information content (AvgIpc) is 2.97. The van der Waals surface area contributed by atoms with Gasteiger partial charge in [-0.05, 0) is 79.9 Å². The summed E-state index contributed by atoms with van der Waals surface area (Å²) in [7, 11) is 0. The number of nitrogens with zero attached hydrogens (tertiary/aromatic N) is 3. The molecule has 2 fully saturated rings. The maximum atomic E-state index is 13.6. The number of amides is 3. The summed E-state index contributed by atoms with van der Waals surface area (Å²) >= 11 is 0. The first kappa shape index (κ1) is 26.3. The predicted octanol–water partition coefficient (Wildman–Crippen LogP) is 4.81. The zero-order chi connectivity index (χ0) is 27.4. The first-order valence-electron chi connectivity index (χ1n) is 13.2. The van der Waals surface area contributed by atoms with Crippen LogP contribution >= 0.6 is 0 Å². The summed E-state index contributed by atoms with van der Waals surface area (Å²) in [4.78, 5) is 44.9. The van der Waals surface area contributed by atoms with Gasteiger partial charge in [0.2, 0.25) is 0 Å². The van der Waals surface area contributed by atoms with E-state index in [1.165, 1.54) is 42.5 Å². The second kappa shape index (κ2) is 11.6. The number of anilines is 2. The predicted molar refractivity (Wildman–Crippen MR) is 145 cm³/mol. The molecule has 0 spiro atoms. The Morgan fingerprint density at radius 2 is 1.33 bits per heavy atom. The van der Waals surface area contributed by atoms with E-state index in [4.69, 9.17) is 0 Å². The molecule has 1 N–H and O–H groups in total. The molecule has 0 aliphatic carbocycles. The number of rotatable bonds is 5. The number of hydrogen-bond donors (Lipinski definition) is 1. The van der Waals surface area contributed by atoms with Crippen LogP contribution in [0.4, 0.5) is 20.2 Å². The van der Waals surface area contributed by atoms with Crippen LogP contribution in [0, 0.1) is 11.6 Å². The minimum atomic E-state index is -0.452. The highest BCUT2D eigenvalue weighted by Gasteiger charge is 2.27. The topological polar surface area (TPSA) is 73.0 Å². The molecule has 0 aromatic heterocycles. The van der Waals surface area contributed by atoms with Gasteiger partial charge >= 0.3 is 0 Å². The van der Waals surface area contributed by atoms with Crippen LogP contribution in [0.25, 0.3) is 0 Å². The summed E-state index contributed by atoms with van der Waals surface area (Å²) in [6, 6.07) is 16.2. The van der Waals surface area contributed by atoms with Crippen LogP contribution in [-0.4, -0.2) is 66.8 Å². The summed E-state index contributed by atoms with van der Waals surface area (Å²) in [5, 5.41) is 2.82. The molecule has 9 heteroatoms. The molecular weight excluding hydrogens is 502 g/mol. The van der Waals surface area contributed by atoms with Crippen LogP contribution in [0.5, 0.6) is 0 Å². The smallest absolute Gasteiger partial charge is 0.256 e. The van der Waals surface area contributed by atoms with Gasteiger partial charge in [0.15, 0.2) is 0 Å². The fourth-order valence-electron chi connectivity index (χ4n) is 5.09. The number of carbonyl (C=O) groups excluding carboxylic acids is 3. The molecule has 5 rings (SSSR count). The standard InChI is InChI=1S/C30H30F2N4O3/c31-23-9-7-21(8-10-23)28(37)33-25-11-12-27(26(20-25)30(39)35-13-2-1-3-14-35)34-15-17-36(18-16-34)29(38)22-5-4-6-24(32)19-22/h4-12,19-20H,1-3,13-18H2,(H,33,37). The molecule has 3 aromatic carbocycles. The molecule has 3 aromatic rings. The number of likely N-dealkylation sites (tertiary alicyclic amines) is 1. The molecule has 0 bridgehead atoms. The third-order valence-corrected chi connectivity index (χ3v) is 7.21. The maximum absolute atomic E-state index is 13.6. The van der Waals surface area contributed by atoms with Crippen molar-refractivity contribution in [2.45, 2.75) is 19.3 Å². The Bertz CT molecular complexity index is 1360. The lowest BCUT2D eigenvalue weighted by Crippen LogP contribution is -2.49. The van der Waals surface area contributed by atoms with E-state index in [0.717, 1.165) is 24.9 Å². The van der Waals surface area contributed by atoms with Crippen molar-refractivity contribution in [2.24, 2.45) is 0 Å². The molecule has 2 aliphatic rings. The minimum Gasteiger partial charge on any atom is -0.367 e. The van der Waals surface area contributed by atoms with Crippen LogP contribution in [0.3, 0.4) is 0 Å². The molecule has 7 nitrogen and oxygen atoms in total. The van der Waals surface area contributed by atoms with E-state index in [9.17, 15) is 23.2 Å². The van der Waals surface area contributed by atoms with Gasteiger partial charge in [0.1, 0.15) is 11.6 Å². The molecule has 202 valence electrons. The molecule has 3 amide bonds. The number of piperazine rings is 1. The Balaban J connectivity index is 1.35. The zero-order valence-electron chi connectivity index (χ0n) is 21.5. The highest BCUT2D eigenvalue weighted by Crippen LogP contribution is 2.29. The van der Waals surface area contributed by atoms with Crippen LogP contribution in [-0.2, 0) is 0 Å². The van der Waals surface area contributed by atoms with Gasteiger partial charge < -0.3 is 20.0 Å². The largest absolute Gasteiger partial charge is 0.367 e. The van der Waals surface area contributed by atoms with Gasteiger partial charge in [-0.1, -0.05) is 6.07 Å². The van der Waals surface area contributed by atoms with E-state index >= 15 is 0 Å². The number of nitrogens with one attached hydrogen (secondary N) is 1. The van der Waals surface area contributed by atoms with Crippen molar-refractivity contribution in [3.8, 4) is 0 Å². The Morgan fingerprint density at radius 3 is 2.03 bits per heavy atom. The van der Waals surface area contributed by atoms with E-state index < -0.39 is 17.5 Å². The number of benzene rings is 3. The Hall–Kier alpha value is -4.27. The van der Waals surface area contributed by atoms with Crippen molar-refractivity contribution in [3.05, 3.63) is 95.1 Å². The Kier molecular flexibility index (Phi) is 7.86. The monoisotopic (exact) mass is 532 g/mol. The van der Waals surface area contributed by atoms with E-state index in [1.807, 2.05) is 11.0 Å². The van der Waals surface area contributed by atoms with Crippen molar-refractivity contribution in [1.29, 1.82) is 0 Å². The number of halogens is 2. The number of hydrogen-bond acceptors (Lipinski definition) is 4. The minimum absolute atomic E-state index is 0.0964. The van der Waals surface area contributed by atoms with Crippen molar-refractivity contribution in [1.82, 2.24) is 9.80 Å². The zero-order valence-corrected chi connectivity index (χ0v) is 21.5. The summed E-state index contributed by atoms with van der Waals surface area (Å²) in [5.41, 5.74) is 2.31. The summed E-state index contributed by atoms with van der Waals surface area (Å²) in [5.74, 6) is -1.60. The van der Waals surface area contributed by atoms with Gasteiger partial charge in [0.25, 0.3) is 17.7 Å². The normalized spacial score (nSPS) is 15.7. The summed E-state index contributed by atoms with van der Waals surface area (Å²) in [6.07, 6.45) is 2.98. The highest BCUT2D eigenvalue weighted by atomic mass is 19.1. The van der Waals surface area contributed by atoms with Crippen LogP contribution in [0.2, 0.25) is 0 Å². The highest BCUT2D eigenvalue weighted by molar-refractivity contribution is 6.06. The van der Waals surface area contributed by atoms with E-state index in [1.54, 1.807) is 23.1 Å². The SMILES string of the molecule is O=C(Nc1ccc(N2CCN(C(=O)c3cccc(F)c3)CC2)c(C(=O)N2CCCCC2)c1)c1ccc(F)cc1. The second-order valence-corrected chi connectivity index (χ2v) is 9.84. The molecule has 39 heavy (non-hydrogen) atoms. The number of carbonyl (C=O) groups is 3. The summed E-state index contributed by atoms with van der Waals surface area (Å²) < 4.78 is 26.9. The van der Waals surface area contributed by atoms with Crippen molar-refractivity contribution in [3.63, 3.8) is 0 Å². The van der Waals surface area contributed by atoms with E-state index in [0.29, 0.717) is 61.6 Å². The molecule has 0 atom stereocenters. The average molecular weight is 533 g/mol. The van der Waals surface area contributed by atoms with Gasteiger partial charge in [-0.2, -0.15) is 0 Å². The van der Waals surface area contributed by atoms with Crippen molar-refractivity contribution < 1.29 is 23.2 Å². The van der Waals surface area contributed by atoms with Gasteiger partial charge in [-0.25, -0.2) is 8.78 Å². The Morgan fingerprint density at radius 1 is 0.641 bits per heavy atom. The number of piperidine rings is 1. The lowest BCUT2D eigenvalue weighted by molar-refractivity contribution is 0.0718. The van der Waals surface area contributed by atoms with E-state index in [-0.39, 0.29) is 11.8 Å². The molecule has 2 aliphatic heterocycles. The van der Waals surface area contributed by atoms with Crippen molar-refractivity contribution >= 4 is 29.1 Å². The maximum Gasteiger partial charge on any atom is 0.256 e. The lowest BCUT2D eigenvalue weighted by atomic mass is 10.0. The van der Waals surface area contributed by atoms with Crippen LogP contribution in [0.15, 0.2) is 66.7 Å². The second-order valence-electron chi connectivity index (χ2n) is 9.84. The van der Waals surface area contributed by atoms with Gasteiger partial charge in [-0.3, -0.25) is 14.4 Å². The van der Waals surface area contributed by atoms with Crippen molar-refractivity contribution in [2.75, 3.05) is 49.5 Å². The van der Waals surface area contributed by atoms with Crippen LogP contribution in [0.1, 0.15) is 50.3 Å². The molecular formula is C30H30F2N4O3. The molecule has 2 saturated heterocycles. The molecule has 0 radical (unpaired) electrons. The van der Waals surface area contributed by atoms with E-state index in [2.05, 4.69) is 10.2 Å². The van der Waals surface area contributed by atoms with Gasteiger partial charge in [0, 0.05) is 61.8 Å².